The summed E-state index contributed by atoms with van der Waals surface area (Å²) in [5, 5.41) is 2.83. The Hall–Kier alpha value is -1.55. The molecular formula is C24H44N2O7. The summed E-state index contributed by atoms with van der Waals surface area (Å²) < 4.78 is 21.3. The van der Waals surface area contributed by atoms with E-state index in [-0.39, 0.29) is 29.1 Å². The van der Waals surface area contributed by atoms with Crippen molar-refractivity contribution in [3.8, 4) is 0 Å². The molecule has 1 heterocycles. The van der Waals surface area contributed by atoms with Crippen molar-refractivity contribution < 1.29 is 33.3 Å². The monoisotopic (exact) mass is 472 g/mol. The molecule has 0 saturated carbocycles. The third-order valence-electron chi connectivity index (χ3n) is 5.46. The van der Waals surface area contributed by atoms with E-state index in [1.807, 2.05) is 27.7 Å². The van der Waals surface area contributed by atoms with Gasteiger partial charge in [-0.05, 0) is 25.2 Å². The first kappa shape index (κ1) is 29.5. The first-order chi connectivity index (χ1) is 15.8. The standard InChI is InChI=1S/C24H44N2O7/c1-5-30-13-14-32-17-18-33-16-15-31-12-10-25-21(27)9-7-6-8-11-26-22(28)19-20(23(26)29)24(2,3)4/h20H,5-19H2,1-4H3,(H,25,27). The summed E-state index contributed by atoms with van der Waals surface area (Å²) in [5.41, 5.74) is -0.199. The molecule has 1 fully saturated rings. The zero-order valence-corrected chi connectivity index (χ0v) is 21.0. The van der Waals surface area contributed by atoms with Crippen LogP contribution in [0.4, 0.5) is 0 Å². The molecule has 3 amide bonds. The van der Waals surface area contributed by atoms with Crippen molar-refractivity contribution in [1.82, 2.24) is 10.2 Å². The Morgan fingerprint density at radius 1 is 0.909 bits per heavy atom. The molecule has 1 N–H and O–H groups in total. The van der Waals surface area contributed by atoms with Crippen LogP contribution in [0.3, 0.4) is 0 Å². The normalized spacial score (nSPS) is 16.6. The number of unbranched alkanes of at least 4 members (excludes halogenated alkanes) is 2. The minimum Gasteiger partial charge on any atom is -0.379 e. The summed E-state index contributed by atoms with van der Waals surface area (Å²) >= 11 is 0. The summed E-state index contributed by atoms with van der Waals surface area (Å²) in [6, 6.07) is 0. The van der Waals surface area contributed by atoms with Crippen molar-refractivity contribution in [3.05, 3.63) is 0 Å². The molecule has 1 atom stereocenters. The van der Waals surface area contributed by atoms with E-state index >= 15 is 0 Å². The molecule has 0 aliphatic carbocycles. The highest BCUT2D eigenvalue weighted by Crippen LogP contribution is 2.35. The lowest BCUT2D eigenvalue weighted by Crippen LogP contribution is -2.34. The number of ether oxygens (including phenoxy) is 4. The lowest BCUT2D eigenvalue weighted by molar-refractivity contribution is -0.140. The minimum absolute atomic E-state index is 0.0137. The highest BCUT2D eigenvalue weighted by molar-refractivity contribution is 6.03. The molecule has 0 bridgehead atoms. The number of rotatable bonds is 19. The largest absolute Gasteiger partial charge is 0.379 e. The maximum Gasteiger partial charge on any atom is 0.233 e. The van der Waals surface area contributed by atoms with Crippen LogP contribution >= 0.6 is 0 Å². The van der Waals surface area contributed by atoms with Gasteiger partial charge >= 0.3 is 0 Å². The number of imide groups is 1. The third kappa shape index (κ3) is 13.1. The van der Waals surface area contributed by atoms with Crippen LogP contribution in [0.5, 0.6) is 0 Å². The van der Waals surface area contributed by atoms with Gasteiger partial charge in [-0.25, -0.2) is 0 Å². The van der Waals surface area contributed by atoms with Crippen LogP contribution in [0, 0.1) is 11.3 Å². The maximum atomic E-state index is 12.4. The fraction of sp³-hybridized carbons (Fsp3) is 0.875. The molecule has 1 rings (SSSR count). The van der Waals surface area contributed by atoms with Crippen molar-refractivity contribution in [1.29, 1.82) is 0 Å². The second-order valence-electron chi connectivity index (χ2n) is 9.20. The van der Waals surface area contributed by atoms with Gasteiger partial charge in [0.1, 0.15) is 0 Å². The van der Waals surface area contributed by atoms with Crippen molar-refractivity contribution in [3.63, 3.8) is 0 Å². The predicted octanol–water partition coefficient (Wildman–Crippen LogP) is 2.17. The summed E-state index contributed by atoms with van der Waals surface area (Å²) in [5.74, 6) is -0.370. The van der Waals surface area contributed by atoms with Gasteiger partial charge in [0.2, 0.25) is 17.7 Å². The zero-order chi connectivity index (χ0) is 24.5. The third-order valence-corrected chi connectivity index (χ3v) is 5.46. The first-order valence-electron chi connectivity index (χ1n) is 12.2. The number of carbonyl (C=O) groups is 3. The van der Waals surface area contributed by atoms with E-state index in [0.717, 1.165) is 19.3 Å². The smallest absolute Gasteiger partial charge is 0.233 e. The molecule has 1 unspecified atom stereocenters. The predicted molar refractivity (Wildman–Crippen MR) is 125 cm³/mol. The van der Waals surface area contributed by atoms with Crippen LogP contribution in [-0.2, 0) is 33.3 Å². The molecule has 0 radical (unpaired) electrons. The number of nitrogens with one attached hydrogen (secondary N) is 1. The fourth-order valence-electron chi connectivity index (χ4n) is 3.48. The van der Waals surface area contributed by atoms with Crippen molar-refractivity contribution >= 4 is 17.7 Å². The Labute approximate surface area is 198 Å². The van der Waals surface area contributed by atoms with Crippen LogP contribution in [0.1, 0.15) is 59.8 Å². The number of nitrogens with zero attached hydrogens (tertiary/aromatic N) is 1. The van der Waals surface area contributed by atoms with Gasteiger partial charge in [-0.1, -0.05) is 27.2 Å². The van der Waals surface area contributed by atoms with Crippen LogP contribution in [0.25, 0.3) is 0 Å². The number of carbonyl (C=O) groups excluding carboxylic acids is 3. The van der Waals surface area contributed by atoms with E-state index in [4.69, 9.17) is 18.9 Å². The topological polar surface area (TPSA) is 103 Å². The van der Waals surface area contributed by atoms with Crippen LogP contribution < -0.4 is 5.32 Å². The summed E-state index contributed by atoms with van der Waals surface area (Å²) in [7, 11) is 0. The molecule has 1 aliphatic rings. The number of hydrogen-bond acceptors (Lipinski definition) is 7. The summed E-state index contributed by atoms with van der Waals surface area (Å²) in [6.45, 7) is 13.2. The van der Waals surface area contributed by atoms with E-state index in [9.17, 15) is 14.4 Å². The first-order valence-corrected chi connectivity index (χ1v) is 12.2. The van der Waals surface area contributed by atoms with Gasteiger partial charge in [0.05, 0.1) is 52.2 Å². The molecule has 192 valence electrons. The Balaban J connectivity index is 1.92. The molecule has 0 aromatic rings. The van der Waals surface area contributed by atoms with Gasteiger partial charge in [-0.3, -0.25) is 19.3 Å². The SMILES string of the molecule is CCOCCOCCOCCOCCNC(=O)CCCCCN1C(=O)CC(C(C)(C)C)C1=O. The van der Waals surface area contributed by atoms with Crippen molar-refractivity contribution in [2.24, 2.45) is 11.3 Å². The van der Waals surface area contributed by atoms with E-state index < -0.39 is 0 Å². The Morgan fingerprint density at radius 3 is 2.03 bits per heavy atom. The van der Waals surface area contributed by atoms with E-state index in [1.54, 1.807) is 0 Å². The van der Waals surface area contributed by atoms with Gasteiger partial charge < -0.3 is 24.3 Å². The number of amides is 3. The van der Waals surface area contributed by atoms with Gasteiger partial charge in [0.25, 0.3) is 0 Å². The molecule has 0 aromatic heterocycles. The van der Waals surface area contributed by atoms with Crippen LogP contribution in [0.15, 0.2) is 0 Å². The fourth-order valence-corrected chi connectivity index (χ4v) is 3.48. The second-order valence-corrected chi connectivity index (χ2v) is 9.20. The second kappa shape index (κ2) is 17.0. The molecule has 0 aromatic carbocycles. The Kier molecular flexibility index (Phi) is 15.2. The van der Waals surface area contributed by atoms with Crippen LogP contribution in [0.2, 0.25) is 0 Å². The molecule has 0 spiro atoms. The molecule has 33 heavy (non-hydrogen) atoms. The van der Waals surface area contributed by atoms with E-state index in [1.165, 1.54) is 4.90 Å². The zero-order valence-electron chi connectivity index (χ0n) is 21.0. The molecule has 1 saturated heterocycles. The quantitative estimate of drug-likeness (QED) is 0.227. The van der Waals surface area contributed by atoms with Crippen LogP contribution in [-0.4, -0.2) is 88.6 Å². The lowest BCUT2D eigenvalue weighted by Gasteiger charge is -2.24. The summed E-state index contributed by atoms with van der Waals surface area (Å²) in [4.78, 5) is 37.9. The highest BCUT2D eigenvalue weighted by atomic mass is 16.6. The average Bonchev–Trinajstić information content (AvgIpc) is 3.05. The molecule has 9 heteroatoms. The summed E-state index contributed by atoms with van der Waals surface area (Å²) in [6.07, 6.45) is 2.99. The maximum absolute atomic E-state index is 12.4. The van der Waals surface area contributed by atoms with E-state index in [0.29, 0.717) is 78.8 Å². The van der Waals surface area contributed by atoms with Gasteiger partial charge in [0.15, 0.2) is 0 Å². The highest BCUT2D eigenvalue weighted by Gasteiger charge is 2.44. The average molecular weight is 473 g/mol. The van der Waals surface area contributed by atoms with Gasteiger partial charge in [-0.15, -0.1) is 0 Å². The number of likely N-dealkylation sites (tertiary alicyclic amines) is 1. The van der Waals surface area contributed by atoms with Crippen molar-refractivity contribution in [2.45, 2.75) is 59.8 Å². The lowest BCUT2D eigenvalue weighted by atomic mass is 9.80. The minimum atomic E-state index is -0.227. The number of hydrogen-bond donors (Lipinski definition) is 1. The Morgan fingerprint density at radius 2 is 1.48 bits per heavy atom. The van der Waals surface area contributed by atoms with Gasteiger partial charge in [-0.2, -0.15) is 0 Å². The van der Waals surface area contributed by atoms with Crippen molar-refractivity contribution in [2.75, 3.05) is 65.9 Å². The Bertz CT molecular complexity index is 578. The molecular weight excluding hydrogens is 428 g/mol. The molecule has 9 nitrogen and oxygen atoms in total. The van der Waals surface area contributed by atoms with E-state index in [2.05, 4.69) is 5.32 Å². The van der Waals surface area contributed by atoms with Gasteiger partial charge in [0, 0.05) is 32.5 Å². The molecule has 1 aliphatic heterocycles.